The van der Waals surface area contributed by atoms with Crippen molar-refractivity contribution in [2.24, 2.45) is 0 Å². The molecule has 3 aliphatic heterocycles. The number of fused-ring (bicyclic) bond motifs is 2. The number of nitriles is 1. The van der Waals surface area contributed by atoms with Crippen LogP contribution in [0.15, 0.2) is 12.1 Å². The van der Waals surface area contributed by atoms with Gasteiger partial charge in [0, 0.05) is 30.1 Å². The predicted octanol–water partition coefficient (Wildman–Crippen LogP) is 6.05. The Bertz CT molecular complexity index is 1850. The van der Waals surface area contributed by atoms with Gasteiger partial charge in [0.15, 0.2) is 11.6 Å². The summed E-state index contributed by atoms with van der Waals surface area (Å²) in [5.41, 5.74) is 6.38. The third kappa shape index (κ3) is 5.19. The van der Waals surface area contributed by atoms with Gasteiger partial charge in [0.2, 0.25) is 0 Å². The minimum Gasteiger partial charge on any atom is -0.489 e. The number of nitrogens with two attached hydrogens (primary N) is 1. The van der Waals surface area contributed by atoms with E-state index in [-0.39, 0.29) is 72.8 Å². The Hall–Kier alpha value is -3.50. The number of nitrogen functional groups attached to an aromatic ring is 1. The Morgan fingerprint density at radius 1 is 1.04 bits per heavy atom. The van der Waals surface area contributed by atoms with E-state index in [1.807, 2.05) is 0 Å². The lowest BCUT2D eigenvalue weighted by molar-refractivity contribution is 0.0881. The molecule has 45 heavy (non-hydrogen) atoms. The summed E-state index contributed by atoms with van der Waals surface area (Å²) in [7, 11) is 4.22. The molecule has 1 saturated heterocycles. The second kappa shape index (κ2) is 12.0. The first-order valence-electron chi connectivity index (χ1n) is 15.3. The molecule has 2 atom stereocenters. The van der Waals surface area contributed by atoms with Crippen LogP contribution in [0.4, 0.5) is 19.6 Å². The van der Waals surface area contributed by atoms with Gasteiger partial charge in [-0.3, -0.25) is 4.90 Å². The summed E-state index contributed by atoms with van der Waals surface area (Å²) in [4.78, 5) is 16.3. The van der Waals surface area contributed by atoms with Gasteiger partial charge in [-0.25, -0.2) is 8.78 Å². The number of ether oxygens (including phenoxy) is 2. The average Bonchev–Trinajstić information content (AvgIpc) is 3.55. The topological polar surface area (TPSA) is 104 Å². The quantitative estimate of drug-likeness (QED) is 0.277. The number of likely N-dealkylation sites (N-methyl/N-ethyl adjacent to an activating group) is 2. The molecular formula is C32H34ClF2N7O2S. The number of aromatic nitrogens is 2. The summed E-state index contributed by atoms with van der Waals surface area (Å²) >= 11 is 7.96. The highest BCUT2D eigenvalue weighted by Gasteiger charge is 2.35. The smallest absolute Gasteiger partial charge is 0.319 e. The number of halogens is 3. The van der Waals surface area contributed by atoms with E-state index in [4.69, 9.17) is 36.8 Å². The van der Waals surface area contributed by atoms with Gasteiger partial charge >= 0.3 is 6.01 Å². The van der Waals surface area contributed by atoms with Crippen LogP contribution in [0.2, 0.25) is 5.02 Å². The van der Waals surface area contributed by atoms with Crippen LogP contribution in [0, 0.1) is 23.0 Å². The van der Waals surface area contributed by atoms with Crippen LogP contribution in [0.5, 0.6) is 11.8 Å². The minimum atomic E-state index is -0.727. The SMILES string of the molecule is CN1CCCCC([C@@H]2CCCN2C)Oc2nc3c4c(c(Cl)c(-c5ccc(F)c6sc(N)c(C#N)c56)c(F)c4n2)OCCN3CC1. The molecule has 0 radical (unpaired) electrons. The maximum atomic E-state index is 17.1. The van der Waals surface area contributed by atoms with Gasteiger partial charge in [0.1, 0.15) is 40.9 Å². The van der Waals surface area contributed by atoms with Gasteiger partial charge < -0.3 is 25.0 Å². The van der Waals surface area contributed by atoms with Gasteiger partial charge in [0.25, 0.3) is 0 Å². The Morgan fingerprint density at radius 2 is 1.89 bits per heavy atom. The Morgan fingerprint density at radius 3 is 2.67 bits per heavy atom. The van der Waals surface area contributed by atoms with Crippen LogP contribution in [0.3, 0.4) is 0 Å². The Kier molecular flexibility index (Phi) is 8.06. The monoisotopic (exact) mass is 653 g/mol. The van der Waals surface area contributed by atoms with E-state index in [2.05, 4.69) is 34.9 Å². The molecule has 0 spiro atoms. The van der Waals surface area contributed by atoms with Crippen LogP contribution in [0.1, 0.15) is 37.7 Å². The van der Waals surface area contributed by atoms with E-state index in [1.165, 1.54) is 12.1 Å². The summed E-state index contributed by atoms with van der Waals surface area (Å²) in [6.45, 7) is 4.14. The Balaban J connectivity index is 1.48. The van der Waals surface area contributed by atoms with Crippen molar-refractivity contribution in [2.45, 2.75) is 44.2 Å². The third-order valence-electron chi connectivity index (χ3n) is 9.34. The van der Waals surface area contributed by atoms with Gasteiger partial charge in [-0.15, -0.1) is 11.3 Å². The molecule has 5 heterocycles. The normalized spacial score (nSPS) is 21.6. The largest absolute Gasteiger partial charge is 0.489 e. The molecule has 0 amide bonds. The zero-order valence-corrected chi connectivity index (χ0v) is 26.8. The number of nitrogens with zero attached hydrogens (tertiary/aromatic N) is 6. The molecule has 0 saturated carbocycles. The molecule has 2 bridgehead atoms. The number of likely N-dealkylation sites (tertiary alicyclic amines) is 1. The molecule has 2 aromatic heterocycles. The van der Waals surface area contributed by atoms with Crippen LogP contribution in [-0.4, -0.2) is 85.3 Å². The van der Waals surface area contributed by atoms with Crippen molar-refractivity contribution >= 4 is 54.7 Å². The fourth-order valence-electron chi connectivity index (χ4n) is 6.98. The van der Waals surface area contributed by atoms with E-state index in [9.17, 15) is 9.65 Å². The first kappa shape index (κ1) is 30.2. The molecule has 2 N–H and O–H groups in total. The summed E-state index contributed by atoms with van der Waals surface area (Å²) in [5.74, 6) is -0.533. The van der Waals surface area contributed by atoms with Gasteiger partial charge in [-0.2, -0.15) is 15.2 Å². The highest BCUT2D eigenvalue weighted by atomic mass is 35.5. The lowest BCUT2D eigenvalue weighted by atomic mass is 9.96. The number of hydrogen-bond donors (Lipinski definition) is 1. The molecule has 3 aliphatic rings. The molecule has 1 unspecified atom stereocenters. The molecule has 0 aliphatic carbocycles. The molecule has 4 aromatic rings. The number of rotatable bonds is 2. The number of benzene rings is 2. The zero-order chi connectivity index (χ0) is 31.4. The van der Waals surface area contributed by atoms with Crippen LogP contribution in [-0.2, 0) is 0 Å². The van der Waals surface area contributed by atoms with E-state index >= 15 is 4.39 Å². The minimum absolute atomic E-state index is 0.00225. The van der Waals surface area contributed by atoms with Crippen LogP contribution >= 0.6 is 22.9 Å². The van der Waals surface area contributed by atoms with Crippen molar-refractivity contribution in [3.8, 4) is 29.0 Å². The van der Waals surface area contributed by atoms with Crippen molar-refractivity contribution in [2.75, 3.05) is 64.1 Å². The van der Waals surface area contributed by atoms with Crippen molar-refractivity contribution < 1.29 is 18.3 Å². The zero-order valence-electron chi connectivity index (χ0n) is 25.2. The van der Waals surface area contributed by atoms with Crippen molar-refractivity contribution in [1.82, 2.24) is 19.8 Å². The highest BCUT2D eigenvalue weighted by Crippen LogP contribution is 2.50. The van der Waals surface area contributed by atoms with Crippen molar-refractivity contribution in [3.05, 3.63) is 34.4 Å². The Labute approximate surface area is 269 Å². The molecular weight excluding hydrogens is 620 g/mol. The molecule has 1 fully saturated rings. The summed E-state index contributed by atoms with van der Waals surface area (Å²) in [6.07, 6.45) is 4.78. The third-order valence-corrected chi connectivity index (χ3v) is 10.7. The number of thiophene rings is 1. The van der Waals surface area contributed by atoms with Crippen molar-refractivity contribution in [3.63, 3.8) is 0 Å². The number of hydrogen-bond acceptors (Lipinski definition) is 10. The predicted molar refractivity (Wildman–Crippen MR) is 174 cm³/mol. The summed E-state index contributed by atoms with van der Waals surface area (Å²) in [6, 6.07) is 5.02. The standard InChI is InChI=1S/C32H34ClF2N7O2S/c1-40-10-4-3-7-21(20-6-5-11-41(20)2)44-32-38-27-24-28(43-15-14-42(13-12-40)31(24)39-32)25(33)23(26(27)35)17-8-9-19(34)29-22(17)18(16-36)30(37)45-29/h8-9,20-21H,3-7,10-15,37H2,1-2H3/t20-,21?/m0/s1. The van der Waals surface area contributed by atoms with Crippen LogP contribution < -0.4 is 20.1 Å². The van der Waals surface area contributed by atoms with Gasteiger partial charge in [-0.1, -0.05) is 17.7 Å². The first-order valence-corrected chi connectivity index (χ1v) is 16.5. The first-order chi connectivity index (χ1) is 21.8. The summed E-state index contributed by atoms with van der Waals surface area (Å²) in [5, 5.41) is 10.6. The van der Waals surface area contributed by atoms with Gasteiger partial charge in [-0.05, 0) is 70.9 Å². The van der Waals surface area contributed by atoms with E-state index in [0.717, 1.165) is 63.1 Å². The number of anilines is 2. The molecule has 9 nitrogen and oxygen atoms in total. The average molecular weight is 654 g/mol. The second-order valence-electron chi connectivity index (χ2n) is 12.1. The maximum absolute atomic E-state index is 17.1. The molecule has 13 heteroatoms. The maximum Gasteiger partial charge on any atom is 0.319 e. The van der Waals surface area contributed by atoms with E-state index < -0.39 is 11.6 Å². The van der Waals surface area contributed by atoms with Crippen molar-refractivity contribution in [1.29, 1.82) is 5.26 Å². The van der Waals surface area contributed by atoms with Gasteiger partial charge in [0.05, 0.1) is 27.2 Å². The molecule has 236 valence electrons. The van der Waals surface area contributed by atoms with Crippen LogP contribution in [0.25, 0.3) is 32.1 Å². The second-order valence-corrected chi connectivity index (χ2v) is 13.5. The fraction of sp³-hybridized carbons (Fsp3) is 0.469. The van der Waals surface area contributed by atoms with E-state index in [0.29, 0.717) is 24.3 Å². The highest BCUT2D eigenvalue weighted by molar-refractivity contribution is 7.23. The molecule has 7 rings (SSSR count). The lowest BCUT2D eigenvalue weighted by Gasteiger charge is -2.29. The van der Waals surface area contributed by atoms with E-state index in [1.54, 1.807) is 0 Å². The summed E-state index contributed by atoms with van der Waals surface area (Å²) < 4.78 is 45.0. The molecule has 2 aromatic carbocycles. The fourth-order valence-corrected chi connectivity index (χ4v) is 8.26. The lowest BCUT2D eigenvalue weighted by Crippen LogP contribution is -2.40.